The van der Waals surface area contributed by atoms with Crippen molar-refractivity contribution < 1.29 is 5.11 Å². The number of hydrogen-bond acceptors (Lipinski definition) is 6. The molecule has 3 aromatic rings. The minimum atomic E-state index is -0.299. The molecule has 2 fully saturated rings. The van der Waals surface area contributed by atoms with E-state index in [4.69, 9.17) is 0 Å². The summed E-state index contributed by atoms with van der Waals surface area (Å²) in [5.41, 5.74) is 1.02. The highest BCUT2D eigenvalue weighted by Crippen LogP contribution is 2.43. The Kier molecular flexibility index (Phi) is 3.31. The summed E-state index contributed by atoms with van der Waals surface area (Å²) in [4.78, 5) is 15.4. The lowest BCUT2D eigenvalue weighted by atomic mass is 9.77. The van der Waals surface area contributed by atoms with Gasteiger partial charge in [0.1, 0.15) is 12.1 Å². The van der Waals surface area contributed by atoms with Crippen molar-refractivity contribution in [1.82, 2.24) is 19.5 Å². The van der Waals surface area contributed by atoms with E-state index in [1.54, 1.807) is 23.9 Å². The molecule has 2 aliphatic rings. The largest absolute Gasteiger partial charge is 0.391 e. The zero-order chi connectivity index (χ0) is 16.1. The molecule has 3 aromatic heterocycles. The van der Waals surface area contributed by atoms with E-state index in [0.717, 1.165) is 37.3 Å². The summed E-state index contributed by atoms with van der Waals surface area (Å²) in [7, 11) is 0. The maximum absolute atomic E-state index is 10.6. The number of thiophene rings is 1. The third-order valence-corrected chi connectivity index (χ3v) is 6.44. The molecule has 0 unspecified atom stereocenters. The third-order valence-electron chi connectivity index (χ3n) is 5.54. The lowest BCUT2D eigenvalue weighted by molar-refractivity contribution is 0.0358. The summed E-state index contributed by atoms with van der Waals surface area (Å²) in [5.74, 6) is 2.17. The molecule has 0 radical (unpaired) electrons. The van der Waals surface area contributed by atoms with Gasteiger partial charge in [-0.25, -0.2) is 15.0 Å². The quantitative estimate of drug-likeness (QED) is 0.775. The van der Waals surface area contributed by atoms with Crippen LogP contribution in [0.15, 0.2) is 36.5 Å². The Hall–Kier alpha value is -1.99. The molecule has 24 heavy (non-hydrogen) atoms. The first kappa shape index (κ1) is 14.4. The van der Waals surface area contributed by atoms with E-state index < -0.39 is 0 Å². The predicted molar refractivity (Wildman–Crippen MR) is 93.1 cm³/mol. The molecule has 1 saturated carbocycles. The molecule has 1 aliphatic carbocycles. The first-order chi connectivity index (χ1) is 11.8. The summed E-state index contributed by atoms with van der Waals surface area (Å²) < 4.78 is 3.23. The summed E-state index contributed by atoms with van der Waals surface area (Å²) >= 11 is 1.70. The fraction of sp³-hybridized carbons (Fsp3) is 0.471. The average Bonchev–Trinajstić information content (AvgIpc) is 3.32. The van der Waals surface area contributed by atoms with Crippen molar-refractivity contribution in [3.05, 3.63) is 36.5 Å². The first-order valence-electron chi connectivity index (χ1n) is 8.38. The number of anilines is 1. The SMILES string of the molecule is O[C@@H]1C[C@H]2CN(c3ncnc4ccsc34)C[C@H]2C[C@H]1n1ccnc1. The van der Waals surface area contributed by atoms with Crippen molar-refractivity contribution in [2.45, 2.75) is 25.0 Å². The van der Waals surface area contributed by atoms with E-state index in [-0.39, 0.29) is 12.1 Å². The maximum Gasteiger partial charge on any atom is 0.150 e. The Bertz CT molecular complexity index is 848. The second-order valence-corrected chi connectivity index (χ2v) is 7.79. The number of aliphatic hydroxyl groups is 1. The van der Waals surface area contributed by atoms with Gasteiger partial charge in [-0.1, -0.05) is 0 Å². The summed E-state index contributed by atoms with van der Waals surface area (Å²) in [6.07, 6.45) is 8.78. The van der Waals surface area contributed by atoms with E-state index in [1.165, 1.54) is 4.70 Å². The second-order valence-electron chi connectivity index (χ2n) is 6.87. The molecular formula is C17H19N5OS. The molecule has 4 heterocycles. The van der Waals surface area contributed by atoms with E-state index in [1.807, 2.05) is 18.6 Å². The van der Waals surface area contributed by atoms with Crippen molar-refractivity contribution in [2.24, 2.45) is 11.8 Å². The molecular weight excluding hydrogens is 322 g/mol. The first-order valence-corrected chi connectivity index (χ1v) is 9.26. The number of hydrogen-bond donors (Lipinski definition) is 1. The van der Waals surface area contributed by atoms with Gasteiger partial charge in [0, 0.05) is 25.5 Å². The van der Waals surface area contributed by atoms with Crippen molar-refractivity contribution in [3.8, 4) is 0 Å². The fourth-order valence-electron chi connectivity index (χ4n) is 4.37. The standard InChI is InChI=1S/C17H19N5OS/c23-15-6-12-8-22(17-16-13(1-4-24-16)19-9-20-17)7-11(12)5-14(15)21-3-2-18-10-21/h1-4,9-12,14-15,23H,5-8H2/t11-,12+,14-,15-/m1/s1. The van der Waals surface area contributed by atoms with E-state index >= 15 is 0 Å². The minimum Gasteiger partial charge on any atom is -0.391 e. The van der Waals surface area contributed by atoms with E-state index in [2.05, 4.69) is 29.8 Å². The molecule has 0 aromatic carbocycles. The Morgan fingerprint density at radius 2 is 2.04 bits per heavy atom. The summed E-state index contributed by atoms with van der Waals surface area (Å²) in [6, 6.07) is 2.19. The van der Waals surface area contributed by atoms with Crippen LogP contribution in [0.3, 0.4) is 0 Å². The van der Waals surface area contributed by atoms with Gasteiger partial charge in [-0.2, -0.15) is 0 Å². The third kappa shape index (κ3) is 2.22. The maximum atomic E-state index is 10.6. The highest BCUT2D eigenvalue weighted by molar-refractivity contribution is 7.17. The molecule has 1 aliphatic heterocycles. The van der Waals surface area contributed by atoms with Crippen LogP contribution in [0.5, 0.6) is 0 Å². The molecule has 0 spiro atoms. The summed E-state index contributed by atoms with van der Waals surface area (Å²) in [6.45, 7) is 1.98. The van der Waals surface area contributed by atoms with Crippen molar-refractivity contribution in [1.29, 1.82) is 0 Å². The Labute approximate surface area is 143 Å². The van der Waals surface area contributed by atoms with Crippen LogP contribution < -0.4 is 4.90 Å². The van der Waals surface area contributed by atoms with Crippen LogP contribution in [0.4, 0.5) is 5.82 Å². The number of aliphatic hydroxyl groups excluding tert-OH is 1. The molecule has 0 amide bonds. The number of fused-ring (bicyclic) bond motifs is 2. The van der Waals surface area contributed by atoms with Crippen LogP contribution in [-0.4, -0.2) is 43.8 Å². The highest BCUT2D eigenvalue weighted by atomic mass is 32.1. The molecule has 1 N–H and O–H groups in total. The second kappa shape index (κ2) is 5.53. The monoisotopic (exact) mass is 341 g/mol. The molecule has 5 rings (SSSR count). The van der Waals surface area contributed by atoms with Crippen LogP contribution >= 0.6 is 11.3 Å². The topological polar surface area (TPSA) is 67.1 Å². The molecule has 7 heteroatoms. The average molecular weight is 341 g/mol. The Morgan fingerprint density at radius 3 is 2.88 bits per heavy atom. The van der Waals surface area contributed by atoms with Gasteiger partial charge in [0.2, 0.25) is 0 Å². The number of imidazole rings is 1. The molecule has 1 saturated heterocycles. The van der Waals surface area contributed by atoms with Crippen molar-refractivity contribution >= 4 is 27.4 Å². The van der Waals surface area contributed by atoms with Crippen LogP contribution in [0.1, 0.15) is 18.9 Å². The van der Waals surface area contributed by atoms with Gasteiger partial charge >= 0.3 is 0 Å². The number of rotatable bonds is 2. The lowest BCUT2D eigenvalue weighted by Gasteiger charge is -2.35. The van der Waals surface area contributed by atoms with Gasteiger partial charge in [0.05, 0.1) is 28.7 Å². The van der Waals surface area contributed by atoms with E-state index in [0.29, 0.717) is 11.8 Å². The van der Waals surface area contributed by atoms with Gasteiger partial charge in [-0.3, -0.25) is 0 Å². The normalized spacial score (nSPS) is 30.0. The van der Waals surface area contributed by atoms with Crippen LogP contribution in [-0.2, 0) is 0 Å². The zero-order valence-corrected chi connectivity index (χ0v) is 14.0. The molecule has 0 bridgehead atoms. The number of aromatic nitrogens is 4. The fourth-order valence-corrected chi connectivity index (χ4v) is 5.23. The van der Waals surface area contributed by atoms with Gasteiger partial charge in [-0.15, -0.1) is 11.3 Å². The van der Waals surface area contributed by atoms with Gasteiger partial charge in [0.25, 0.3) is 0 Å². The van der Waals surface area contributed by atoms with Crippen molar-refractivity contribution in [2.75, 3.05) is 18.0 Å². The van der Waals surface area contributed by atoms with Crippen LogP contribution in [0.25, 0.3) is 10.2 Å². The number of nitrogens with zero attached hydrogens (tertiary/aromatic N) is 5. The van der Waals surface area contributed by atoms with Crippen LogP contribution in [0.2, 0.25) is 0 Å². The zero-order valence-electron chi connectivity index (χ0n) is 13.2. The molecule has 6 nitrogen and oxygen atoms in total. The summed E-state index contributed by atoms with van der Waals surface area (Å²) in [5, 5.41) is 12.7. The Balaban J connectivity index is 1.41. The lowest BCUT2D eigenvalue weighted by Crippen LogP contribution is -2.35. The molecule has 4 atom stereocenters. The van der Waals surface area contributed by atoms with Crippen molar-refractivity contribution in [3.63, 3.8) is 0 Å². The van der Waals surface area contributed by atoms with Crippen LogP contribution in [0, 0.1) is 11.8 Å². The van der Waals surface area contributed by atoms with Gasteiger partial charge < -0.3 is 14.6 Å². The molecule has 124 valence electrons. The smallest absolute Gasteiger partial charge is 0.150 e. The predicted octanol–water partition coefficient (Wildman–Crippen LogP) is 2.34. The van der Waals surface area contributed by atoms with Gasteiger partial charge in [0.15, 0.2) is 0 Å². The van der Waals surface area contributed by atoms with E-state index in [9.17, 15) is 5.11 Å². The Morgan fingerprint density at radius 1 is 1.17 bits per heavy atom. The van der Waals surface area contributed by atoms with Gasteiger partial charge in [-0.05, 0) is 36.1 Å². The minimum absolute atomic E-state index is 0.140. The highest BCUT2D eigenvalue weighted by Gasteiger charge is 2.42.